The van der Waals surface area contributed by atoms with Gasteiger partial charge in [-0.2, -0.15) is 0 Å². The van der Waals surface area contributed by atoms with Gasteiger partial charge in [-0.3, -0.25) is 14.5 Å². The molecule has 0 spiro atoms. The van der Waals surface area contributed by atoms with E-state index in [2.05, 4.69) is 9.97 Å². The molecule has 3 aromatic carbocycles. The molecule has 1 saturated heterocycles. The van der Waals surface area contributed by atoms with Gasteiger partial charge in [0.1, 0.15) is 23.4 Å². The number of ketones is 1. The number of aromatic nitrogens is 2. The van der Waals surface area contributed by atoms with E-state index >= 15 is 4.39 Å². The van der Waals surface area contributed by atoms with Crippen molar-refractivity contribution in [1.82, 2.24) is 9.97 Å². The highest BCUT2D eigenvalue weighted by molar-refractivity contribution is 6.51. The number of halogens is 2. The zero-order chi connectivity index (χ0) is 24.7. The quantitative estimate of drug-likeness (QED) is 0.222. The van der Waals surface area contributed by atoms with Gasteiger partial charge in [0.05, 0.1) is 28.2 Å². The Morgan fingerprint density at radius 1 is 1.14 bits per heavy atom. The Morgan fingerprint density at radius 2 is 1.89 bits per heavy atom. The average molecular weight is 492 g/mol. The van der Waals surface area contributed by atoms with Crippen LogP contribution in [0.4, 0.5) is 10.3 Å². The van der Waals surface area contributed by atoms with Crippen molar-refractivity contribution in [3.63, 3.8) is 0 Å². The Bertz CT molecular complexity index is 1480. The number of imidazole rings is 1. The van der Waals surface area contributed by atoms with Crippen LogP contribution in [0.15, 0.2) is 72.3 Å². The Labute approximate surface area is 204 Å². The highest BCUT2D eigenvalue weighted by Crippen LogP contribution is 2.43. The summed E-state index contributed by atoms with van der Waals surface area (Å²) in [5, 5.41) is 11.4. The Kier molecular flexibility index (Phi) is 5.74. The minimum absolute atomic E-state index is 0.0193. The number of fused-ring (bicyclic) bond motifs is 1. The molecule has 1 amide bonds. The van der Waals surface area contributed by atoms with E-state index in [0.29, 0.717) is 23.4 Å². The van der Waals surface area contributed by atoms with Gasteiger partial charge in [0.15, 0.2) is 0 Å². The lowest BCUT2D eigenvalue weighted by molar-refractivity contribution is -0.132. The number of hydrogen-bond donors (Lipinski definition) is 2. The van der Waals surface area contributed by atoms with Crippen LogP contribution in [0.5, 0.6) is 5.75 Å². The van der Waals surface area contributed by atoms with Gasteiger partial charge >= 0.3 is 5.91 Å². The first kappa shape index (κ1) is 22.6. The maximum absolute atomic E-state index is 15.0. The number of benzene rings is 3. The molecule has 9 heteroatoms. The van der Waals surface area contributed by atoms with E-state index in [1.165, 1.54) is 30.3 Å². The predicted octanol–water partition coefficient (Wildman–Crippen LogP) is 5.38. The molecule has 7 nitrogen and oxygen atoms in total. The van der Waals surface area contributed by atoms with Crippen molar-refractivity contribution >= 4 is 46.0 Å². The van der Waals surface area contributed by atoms with Gasteiger partial charge in [0.2, 0.25) is 5.95 Å². The lowest BCUT2D eigenvalue weighted by Crippen LogP contribution is -2.30. The average Bonchev–Trinajstić information content (AvgIpc) is 3.39. The second-order valence-electron chi connectivity index (χ2n) is 7.84. The molecule has 1 aromatic heterocycles. The molecule has 0 saturated carbocycles. The monoisotopic (exact) mass is 491 g/mol. The molecular formula is C26H19ClFN3O4. The summed E-state index contributed by atoms with van der Waals surface area (Å²) in [6.45, 7) is 2.17. The summed E-state index contributed by atoms with van der Waals surface area (Å²) in [5.74, 6) is -2.69. The molecule has 0 radical (unpaired) electrons. The van der Waals surface area contributed by atoms with Crippen LogP contribution >= 0.6 is 11.6 Å². The van der Waals surface area contributed by atoms with E-state index in [0.717, 1.165) is 4.90 Å². The largest absolute Gasteiger partial charge is 0.507 e. The summed E-state index contributed by atoms with van der Waals surface area (Å²) >= 11 is 6.33. The number of amides is 1. The van der Waals surface area contributed by atoms with Crippen molar-refractivity contribution in [3.05, 3.63) is 94.3 Å². The maximum Gasteiger partial charge on any atom is 0.302 e. The van der Waals surface area contributed by atoms with Gasteiger partial charge in [-0.05, 0) is 43.3 Å². The molecule has 4 aromatic rings. The number of aromatic amines is 1. The van der Waals surface area contributed by atoms with Crippen molar-refractivity contribution in [2.75, 3.05) is 11.5 Å². The summed E-state index contributed by atoms with van der Waals surface area (Å²) in [4.78, 5) is 35.1. The zero-order valence-corrected chi connectivity index (χ0v) is 19.2. The normalized spacial score (nSPS) is 17.3. The number of ether oxygens (including phenoxy) is 1. The van der Waals surface area contributed by atoms with E-state index in [1.807, 2.05) is 0 Å². The molecule has 1 aliphatic rings. The number of carbonyl (C=O) groups excluding carboxylic acids is 2. The zero-order valence-electron chi connectivity index (χ0n) is 18.5. The number of carbonyl (C=O) groups is 2. The number of rotatable bonds is 5. The fourth-order valence-electron chi connectivity index (χ4n) is 4.18. The van der Waals surface area contributed by atoms with Crippen LogP contribution in [0.1, 0.15) is 24.1 Å². The van der Waals surface area contributed by atoms with E-state index < -0.39 is 29.3 Å². The molecule has 1 unspecified atom stereocenters. The number of H-pyrrole nitrogens is 1. The number of nitrogens with zero attached hydrogens (tertiary/aromatic N) is 2. The molecule has 176 valence electrons. The van der Waals surface area contributed by atoms with Crippen LogP contribution in [0.2, 0.25) is 5.02 Å². The lowest BCUT2D eigenvalue weighted by Gasteiger charge is -2.23. The molecule has 35 heavy (non-hydrogen) atoms. The van der Waals surface area contributed by atoms with Crippen molar-refractivity contribution in [3.8, 4) is 5.75 Å². The summed E-state index contributed by atoms with van der Waals surface area (Å²) in [6, 6.07) is 16.1. The Morgan fingerprint density at radius 3 is 2.63 bits per heavy atom. The van der Waals surface area contributed by atoms with E-state index in [-0.39, 0.29) is 27.7 Å². The third kappa shape index (κ3) is 3.81. The molecule has 2 heterocycles. The van der Waals surface area contributed by atoms with Crippen LogP contribution < -0.4 is 9.64 Å². The standard InChI is InChI=1S/C26H19ClFN3O4/c1-2-35-14-11-12-17(27)16(13-14)23(32)21-22(15-7-3-4-8-18(15)28)31(25(34)24(21)33)26-29-19-9-5-6-10-20(19)30-26/h3-13,22,32H,2H2,1H3,(H,29,30)/b23-21+. The second kappa shape index (κ2) is 8.88. The number of aliphatic hydroxyl groups excluding tert-OH is 1. The molecular weight excluding hydrogens is 473 g/mol. The summed E-state index contributed by atoms with van der Waals surface area (Å²) in [5.41, 5.74) is 0.983. The van der Waals surface area contributed by atoms with Crippen LogP contribution in [-0.2, 0) is 9.59 Å². The van der Waals surface area contributed by atoms with Crippen LogP contribution in [0, 0.1) is 5.82 Å². The van der Waals surface area contributed by atoms with Gasteiger partial charge in [-0.15, -0.1) is 0 Å². The first-order valence-corrected chi connectivity index (χ1v) is 11.2. The second-order valence-corrected chi connectivity index (χ2v) is 8.25. The Hall–Kier alpha value is -4.17. The van der Waals surface area contributed by atoms with E-state index in [4.69, 9.17) is 16.3 Å². The molecule has 1 atom stereocenters. The first-order valence-electron chi connectivity index (χ1n) is 10.8. The van der Waals surface area contributed by atoms with E-state index in [9.17, 15) is 14.7 Å². The van der Waals surface area contributed by atoms with Crippen molar-refractivity contribution in [2.45, 2.75) is 13.0 Å². The third-order valence-corrected chi connectivity index (χ3v) is 6.08. The Balaban J connectivity index is 1.75. The minimum Gasteiger partial charge on any atom is -0.507 e. The van der Waals surface area contributed by atoms with Crippen molar-refractivity contribution in [1.29, 1.82) is 0 Å². The van der Waals surface area contributed by atoms with Crippen molar-refractivity contribution in [2.24, 2.45) is 0 Å². The molecule has 0 bridgehead atoms. The van der Waals surface area contributed by atoms with Gasteiger partial charge in [-0.1, -0.05) is 41.9 Å². The molecule has 5 rings (SSSR count). The first-order chi connectivity index (χ1) is 16.9. The highest BCUT2D eigenvalue weighted by atomic mass is 35.5. The number of anilines is 1. The number of hydrogen-bond acceptors (Lipinski definition) is 5. The number of nitrogens with one attached hydrogen (secondary N) is 1. The molecule has 2 N–H and O–H groups in total. The van der Waals surface area contributed by atoms with Crippen molar-refractivity contribution < 1.29 is 23.8 Å². The smallest absolute Gasteiger partial charge is 0.302 e. The fraction of sp³-hybridized carbons (Fsp3) is 0.115. The fourth-order valence-corrected chi connectivity index (χ4v) is 4.39. The van der Waals surface area contributed by atoms with E-state index in [1.54, 1.807) is 43.3 Å². The number of para-hydroxylation sites is 2. The van der Waals surface area contributed by atoms with Crippen LogP contribution in [0.3, 0.4) is 0 Å². The van der Waals surface area contributed by atoms with Gasteiger partial charge in [-0.25, -0.2) is 9.37 Å². The third-order valence-electron chi connectivity index (χ3n) is 5.75. The molecule has 1 fully saturated rings. The SMILES string of the molecule is CCOc1ccc(Cl)c(/C(O)=C2\C(=O)C(=O)N(c3nc4ccccc4[nH]3)C2c2ccccc2F)c1. The number of aliphatic hydroxyl groups is 1. The summed E-state index contributed by atoms with van der Waals surface area (Å²) in [6.07, 6.45) is 0. The van der Waals surface area contributed by atoms with Crippen LogP contribution in [0.25, 0.3) is 16.8 Å². The van der Waals surface area contributed by atoms with Gasteiger partial charge in [0.25, 0.3) is 5.78 Å². The van der Waals surface area contributed by atoms with Crippen LogP contribution in [-0.4, -0.2) is 33.4 Å². The maximum atomic E-state index is 15.0. The summed E-state index contributed by atoms with van der Waals surface area (Å²) in [7, 11) is 0. The lowest BCUT2D eigenvalue weighted by atomic mass is 9.95. The predicted molar refractivity (Wildman–Crippen MR) is 130 cm³/mol. The number of Topliss-reactive ketones (excluding diaryl/α,β-unsaturated/α-hetero) is 1. The topological polar surface area (TPSA) is 95.5 Å². The highest BCUT2D eigenvalue weighted by Gasteiger charge is 2.49. The van der Waals surface area contributed by atoms with Gasteiger partial charge < -0.3 is 14.8 Å². The minimum atomic E-state index is -1.29. The van der Waals surface area contributed by atoms with Gasteiger partial charge in [0, 0.05) is 11.1 Å². The molecule has 1 aliphatic heterocycles. The molecule has 0 aliphatic carbocycles. The summed E-state index contributed by atoms with van der Waals surface area (Å²) < 4.78 is 20.5.